The summed E-state index contributed by atoms with van der Waals surface area (Å²) in [5, 5.41) is 14.3. The number of amides is 4. The molecule has 3 N–H and O–H groups in total. The molecule has 0 radical (unpaired) electrons. The van der Waals surface area contributed by atoms with E-state index in [9.17, 15) is 19.2 Å². The van der Waals surface area contributed by atoms with Crippen molar-refractivity contribution in [2.75, 3.05) is 41.9 Å². The van der Waals surface area contributed by atoms with E-state index in [1.165, 1.54) is 11.3 Å². The Labute approximate surface area is 251 Å². The molecule has 1 aliphatic rings. The molecule has 10 nitrogen and oxygen atoms in total. The van der Waals surface area contributed by atoms with Crippen molar-refractivity contribution in [3.05, 3.63) is 84.4 Å². The van der Waals surface area contributed by atoms with Crippen LogP contribution in [0.15, 0.2) is 78.9 Å². The molecule has 0 aromatic heterocycles. The molecule has 0 aliphatic heterocycles. The molecule has 43 heavy (non-hydrogen) atoms. The van der Waals surface area contributed by atoms with E-state index in [0.29, 0.717) is 35.2 Å². The average Bonchev–Trinajstić information content (AvgIpc) is 3.02. The van der Waals surface area contributed by atoms with Crippen molar-refractivity contribution in [2.45, 2.75) is 38.5 Å². The fourth-order valence-corrected chi connectivity index (χ4v) is 5.12. The lowest BCUT2D eigenvalue weighted by Crippen LogP contribution is -2.43. The van der Waals surface area contributed by atoms with Gasteiger partial charge in [0.15, 0.2) is 6.61 Å². The minimum atomic E-state index is -0.967. The molecule has 4 rings (SSSR count). The lowest BCUT2D eigenvalue weighted by molar-refractivity contribution is -0.136. The van der Waals surface area contributed by atoms with Crippen molar-refractivity contribution in [3.63, 3.8) is 0 Å². The van der Waals surface area contributed by atoms with Crippen molar-refractivity contribution >= 4 is 40.9 Å². The number of benzene rings is 3. The van der Waals surface area contributed by atoms with Crippen LogP contribution in [-0.2, 0) is 20.8 Å². The van der Waals surface area contributed by atoms with Crippen LogP contribution in [0.5, 0.6) is 5.75 Å². The first kappa shape index (κ1) is 31.1. The van der Waals surface area contributed by atoms with Crippen LogP contribution < -0.4 is 25.2 Å². The second-order valence-corrected chi connectivity index (χ2v) is 10.7. The van der Waals surface area contributed by atoms with E-state index in [1.54, 1.807) is 54.4 Å². The first-order valence-electron chi connectivity index (χ1n) is 14.5. The Morgan fingerprint density at radius 1 is 0.860 bits per heavy atom. The molecule has 0 spiro atoms. The van der Waals surface area contributed by atoms with Gasteiger partial charge in [-0.15, -0.1) is 0 Å². The number of likely N-dealkylation sites (N-methyl/N-ethyl adjacent to an activating group) is 1. The molecular formula is C33H38N4O6. The van der Waals surface area contributed by atoms with E-state index in [2.05, 4.69) is 10.6 Å². The molecule has 10 heteroatoms. The predicted molar refractivity (Wildman–Crippen MR) is 166 cm³/mol. The van der Waals surface area contributed by atoms with E-state index in [1.807, 2.05) is 36.4 Å². The van der Waals surface area contributed by atoms with Crippen molar-refractivity contribution in [2.24, 2.45) is 5.92 Å². The van der Waals surface area contributed by atoms with Crippen LogP contribution in [-0.4, -0.2) is 55.7 Å². The third-order valence-electron chi connectivity index (χ3n) is 7.42. The lowest BCUT2D eigenvalue weighted by Gasteiger charge is -2.30. The summed E-state index contributed by atoms with van der Waals surface area (Å²) in [6.45, 7) is 0.109. The minimum Gasteiger partial charge on any atom is -0.484 e. The number of carboxylic acid groups (broad SMARTS) is 1. The number of anilines is 3. The molecule has 1 aliphatic carbocycles. The normalized spacial score (nSPS) is 13.0. The molecule has 226 valence electrons. The number of aliphatic carboxylic acids is 1. The van der Waals surface area contributed by atoms with Gasteiger partial charge in [0.1, 0.15) is 5.75 Å². The summed E-state index contributed by atoms with van der Waals surface area (Å²) in [6.07, 6.45) is 5.33. The fourth-order valence-electron chi connectivity index (χ4n) is 5.12. The average molecular weight is 587 g/mol. The van der Waals surface area contributed by atoms with Gasteiger partial charge in [0.2, 0.25) is 5.91 Å². The highest BCUT2D eigenvalue weighted by atomic mass is 16.5. The van der Waals surface area contributed by atoms with Gasteiger partial charge >= 0.3 is 12.0 Å². The Kier molecular flexibility index (Phi) is 11.1. The van der Waals surface area contributed by atoms with E-state index >= 15 is 0 Å². The summed E-state index contributed by atoms with van der Waals surface area (Å²) in [4.78, 5) is 53.0. The van der Waals surface area contributed by atoms with E-state index < -0.39 is 12.0 Å². The van der Waals surface area contributed by atoms with E-state index in [-0.39, 0.29) is 31.4 Å². The van der Waals surface area contributed by atoms with Gasteiger partial charge in [-0.25, -0.2) is 4.79 Å². The maximum Gasteiger partial charge on any atom is 0.319 e. The van der Waals surface area contributed by atoms with Crippen LogP contribution in [0.2, 0.25) is 0 Å². The monoisotopic (exact) mass is 586 g/mol. The van der Waals surface area contributed by atoms with Crippen LogP contribution in [0, 0.1) is 5.92 Å². The number of nitrogens with zero attached hydrogens (tertiary/aromatic N) is 2. The first-order chi connectivity index (χ1) is 20.8. The number of para-hydroxylation sites is 1. The quantitative estimate of drug-likeness (QED) is 0.271. The SMILES string of the molecule is CN(C(=O)COc1cccc(N(CC2CCCCC2)C(=O)CNC(=O)Nc2cccc(CC(=O)O)c2)c1)c1ccccc1. The summed E-state index contributed by atoms with van der Waals surface area (Å²) < 4.78 is 5.82. The molecule has 1 fully saturated rings. The fraction of sp³-hybridized carbons (Fsp3) is 0.333. The summed E-state index contributed by atoms with van der Waals surface area (Å²) in [5.41, 5.74) is 2.37. The second kappa shape index (κ2) is 15.4. The Balaban J connectivity index is 1.40. The van der Waals surface area contributed by atoms with Crippen LogP contribution in [0.3, 0.4) is 0 Å². The number of hydrogen-bond acceptors (Lipinski definition) is 5. The van der Waals surface area contributed by atoms with Crippen molar-refractivity contribution in [1.82, 2.24) is 5.32 Å². The molecule has 4 amide bonds. The molecule has 3 aromatic carbocycles. The predicted octanol–water partition coefficient (Wildman–Crippen LogP) is 5.09. The van der Waals surface area contributed by atoms with Crippen LogP contribution in [0.25, 0.3) is 0 Å². The Morgan fingerprint density at radius 2 is 1.58 bits per heavy atom. The number of carboxylic acids is 1. The van der Waals surface area contributed by atoms with Gasteiger partial charge in [0.25, 0.3) is 5.91 Å². The third-order valence-corrected chi connectivity index (χ3v) is 7.42. The van der Waals surface area contributed by atoms with E-state index in [0.717, 1.165) is 31.4 Å². The van der Waals surface area contributed by atoms with Gasteiger partial charge < -0.3 is 30.3 Å². The lowest BCUT2D eigenvalue weighted by atomic mass is 9.89. The minimum absolute atomic E-state index is 0.160. The number of ether oxygens (including phenoxy) is 1. The smallest absolute Gasteiger partial charge is 0.319 e. The summed E-state index contributed by atoms with van der Waals surface area (Å²) >= 11 is 0. The maximum atomic E-state index is 13.5. The van der Waals surface area contributed by atoms with Crippen molar-refractivity contribution in [3.8, 4) is 5.75 Å². The van der Waals surface area contributed by atoms with Crippen LogP contribution in [0.4, 0.5) is 21.9 Å². The second-order valence-electron chi connectivity index (χ2n) is 10.7. The van der Waals surface area contributed by atoms with Gasteiger partial charge in [-0.2, -0.15) is 0 Å². The molecule has 3 aromatic rings. The number of nitrogens with one attached hydrogen (secondary N) is 2. The van der Waals surface area contributed by atoms with Gasteiger partial charge in [-0.3, -0.25) is 14.4 Å². The standard InChI is InChI=1S/C33H38N4O6/c1-36(27-14-6-3-7-15-27)31(39)23-43-29-17-9-16-28(20-29)37(22-24-10-4-2-5-11-24)30(38)21-34-33(42)35-26-13-8-12-25(18-26)19-32(40)41/h3,6-9,12-18,20,24H,2,4-5,10-11,19,21-23H2,1H3,(H,40,41)(H2,34,35,42). The topological polar surface area (TPSA) is 128 Å². The van der Waals surface area contributed by atoms with Gasteiger partial charge in [-0.05, 0) is 60.7 Å². The van der Waals surface area contributed by atoms with Crippen LogP contribution >= 0.6 is 0 Å². The Hall–Kier alpha value is -4.86. The van der Waals surface area contributed by atoms with Crippen molar-refractivity contribution < 1.29 is 29.0 Å². The molecule has 0 atom stereocenters. The zero-order chi connectivity index (χ0) is 30.6. The molecule has 0 saturated heterocycles. The summed E-state index contributed by atoms with van der Waals surface area (Å²) in [7, 11) is 1.69. The highest BCUT2D eigenvalue weighted by Gasteiger charge is 2.23. The Bertz CT molecular complexity index is 1410. The van der Waals surface area contributed by atoms with Gasteiger partial charge in [0, 0.05) is 36.7 Å². The third kappa shape index (κ3) is 9.59. The number of carbonyl (C=O) groups is 4. The molecule has 1 saturated carbocycles. The zero-order valence-electron chi connectivity index (χ0n) is 24.3. The zero-order valence-corrected chi connectivity index (χ0v) is 24.3. The number of carbonyl (C=O) groups excluding carboxylic acids is 3. The molecule has 0 unspecified atom stereocenters. The number of rotatable bonds is 12. The molecule has 0 bridgehead atoms. The van der Waals surface area contributed by atoms with Gasteiger partial charge in [-0.1, -0.05) is 55.7 Å². The largest absolute Gasteiger partial charge is 0.484 e. The highest BCUT2D eigenvalue weighted by molar-refractivity contribution is 5.99. The van der Waals surface area contributed by atoms with E-state index in [4.69, 9.17) is 9.84 Å². The highest BCUT2D eigenvalue weighted by Crippen LogP contribution is 2.28. The van der Waals surface area contributed by atoms with Crippen molar-refractivity contribution in [1.29, 1.82) is 0 Å². The maximum absolute atomic E-state index is 13.5. The summed E-state index contributed by atoms with van der Waals surface area (Å²) in [5.74, 6) is -0.659. The molecule has 0 heterocycles. The molecular weight excluding hydrogens is 548 g/mol. The first-order valence-corrected chi connectivity index (χ1v) is 14.5. The Morgan fingerprint density at radius 3 is 2.33 bits per heavy atom. The van der Waals surface area contributed by atoms with Crippen LogP contribution in [0.1, 0.15) is 37.7 Å². The number of hydrogen-bond donors (Lipinski definition) is 3. The number of urea groups is 1. The summed E-state index contributed by atoms with van der Waals surface area (Å²) in [6, 6.07) is 22.4. The van der Waals surface area contributed by atoms with Gasteiger partial charge in [0.05, 0.1) is 13.0 Å².